The van der Waals surface area contributed by atoms with Crippen molar-refractivity contribution < 1.29 is 9.90 Å². The zero-order valence-electron chi connectivity index (χ0n) is 9.44. The summed E-state index contributed by atoms with van der Waals surface area (Å²) in [6.45, 7) is 2.77. The fraction of sp³-hybridized carbons (Fsp3) is 0.462. The van der Waals surface area contributed by atoms with Gasteiger partial charge in [0.25, 0.3) is 0 Å². The minimum Gasteiger partial charge on any atom is -0.508 e. The zero-order valence-corrected chi connectivity index (χ0v) is 9.44. The Balaban J connectivity index is 1.71. The van der Waals surface area contributed by atoms with E-state index in [1.54, 1.807) is 12.1 Å². The predicted octanol–water partition coefficient (Wildman–Crippen LogP) is 1.71. The van der Waals surface area contributed by atoms with E-state index in [-0.39, 0.29) is 17.6 Å². The van der Waals surface area contributed by atoms with Crippen LogP contribution in [0.4, 0.5) is 0 Å². The first-order chi connectivity index (χ1) is 7.66. The second-order valence-electron chi connectivity index (χ2n) is 4.53. The van der Waals surface area contributed by atoms with E-state index in [0.717, 1.165) is 18.4 Å². The quantitative estimate of drug-likeness (QED) is 0.810. The minimum absolute atomic E-state index is 0.186. The predicted molar refractivity (Wildman–Crippen MR) is 62.1 cm³/mol. The maximum atomic E-state index is 11.5. The van der Waals surface area contributed by atoms with Crippen molar-refractivity contribution in [3.63, 3.8) is 0 Å². The fourth-order valence-corrected chi connectivity index (χ4v) is 1.81. The van der Waals surface area contributed by atoms with E-state index in [4.69, 9.17) is 5.11 Å². The summed E-state index contributed by atoms with van der Waals surface area (Å²) >= 11 is 0. The summed E-state index contributed by atoms with van der Waals surface area (Å²) in [5.74, 6) is 1.28. The molecule has 1 aliphatic rings. The molecule has 2 rings (SSSR count). The Morgan fingerprint density at radius 1 is 1.44 bits per heavy atom. The molecule has 0 saturated heterocycles. The van der Waals surface area contributed by atoms with Gasteiger partial charge in [0, 0.05) is 12.5 Å². The SMILES string of the molecule is CC1CC1C(=O)NCCc1ccc(O)cc1. The lowest BCUT2D eigenvalue weighted by Crippen LogP contribution is -2.27. The van der Waals surface area contributed by atoms with Gasteiger partial charge in [0.2, 0.25) is 5.91 Å². The smallest absolute Gasteiger partial charge is 0.223 e. The van der Waals surface area contributed by atoms with Crippen LogP contribution in [0.5, 0.6) is 5.75 Å². The second kappa shape index (κ2) is 4.56. The summed E-state index contributed by atoms with van der Waals surface area (Å²) < 4.78 is 0. The first-order valence-electron chi connectivity index (χ1n) is 5.72. The lowest BCUT2D eigenvalue weighted by molar-refractivity contribution is -0.122. The Kier molecular flexibility index (Phi) is 3.13. The van der Waals surface area contributed by atoms with E-state index in [9.17, 15) is 4.79 Å². The number of hydrogen-bond donors (Lipinski definition) is 2. The molecule has 0 aliphatic heterocycles. The van der Waals surface area contributed by atoms with Crippen molar-refractivity contribution in [1.29, 1.82) is 0 Å². The average molecular weight is 219 g/mol. The third-order valence-corrected chi connectivity index (χ3v) is 3.10. The largest absolute Gasteiger partial charge is 0.508 e. The topological polar surface area (TPSA) is 49.3 Å². The van der Waals surface area contributed by atoms with E-state index in [1.807, 2.05) is 12.1 Å². The molecule has 2 atom stereocenters. The summed E-state index contributed by atoms with van der Waals surface area (Å²) in [7, 11) is 0. The molecule has 0 spiro atoms. The van der Waals surface area contributed by atoms with Crippen LogP contribution in [-0.4, -0.2) is 17.6 Å². The van der Waals surface area contributed by atoms with Gasteiger partial charge in [-0.2, -0.15) is 0 Å². The maximum Gasteiger partial charge on any atom is 0.223 e. The van der Waals surface area contributed by atoms with Gasteiger partial charge < -0.3 is 10.4 Å². The molecule has 16 heavy (non-hydrogen) atoms. The third-order valence-electron chi connectivity index (χ3n) is 3.10. The molecule has 86 valence electrons. The number of benzene rings is 1. The van der Waals surface area contributed by atoms with Crippen molar-refractivity contribution >= 4 is 5.91 Å². The number of hydrogen-bond acceptors (Lipinski definition) is 2. The molecule has 2 unspecified atom stereocenters. The van der Waals surface area contributed by atoms with Gasteiger partial charge in [-0.3, -0.25) is 4.79 Å². The minimum atomic E-state index is 0.186. The first kappa shape index (κ1) is 11.0. The van der Waals surface area contributed by atoms with E-state index < -0.39 is 0 Å². The highest BCUT2D eigenvalue weighted by molar-refractivity contribution is 5.81. The number of phenols is 1. The van der Waals surface area contributed by atoms with Crippen molar-refractivity contribution in [2.75, 3.05) is 6.54 Å². The summed E-state index contributed by atoms with van der Waals surface area (Å²) in [4.78, 5) is 11.5. The normalized spacial score (nSPS) is 22.8. The number of aromatic hydroxyl groups is 1. The summed E-state index contributed by atoms with van der Waals surface area (Å²) in [5, 5.41) is 12.0. The highest BCUT2D eigenvalue weighted by Crippen LogP contribution is 2.37. The van der Waals surface area contributed by atoms with Crippen LogP contribution in [0, 0.1) is 11.8 Å². The molecule has 1 aliphatic carbocycles. The van der Waals surface area contributed by atoms with Crippen LogP contribution in [0.1, 0.15) is 18.9 Å². The molecule has 1 aromatic rings. The van der Waals surface area contributed by atoms with E-state index in [0.29, 0.717) is 12.5 Å². The standard InChI is InChI=1S/C13H17NO2/c1-9-8-12(9)13(16)14-7-6-10-2-4-11(15)5-3-10/h2-5,9,12,15H,6-8H2,1H3,(H,14,16). The monoisotopic (exact) mass is 219 g/mol. The number of amides is 1. The molecule has 0 aromatic heterocycles. The number of rotatable bonds is 4. The molecule has 3 nitrogen and oxygen atoms in total. The Morgan fingerprint density at radius 2 is 2.06 bits per heavy atom. The molecule has 0 radical (unpaired) electrons. The molecule has 1 aromatic carbocycles. The summed E-state index contributed by atoms with van der Waals surface area (Å²) in [5.41, 5.74) is 1.13. The van der Waals surface area contributed by atoms with E-state index in [2.05, 4.69) is 12.2 Å². The fourth-order valence-electron chi connectivity index (χ4n) is 1.81. The molecule has 0 bridgehead atoms. The van der Waals surface area contributed by atoms with Gasteiger partial charge in [0.15, 0.2) is 0 Å². The lowest BCUT2D eigenvalue weighted by atomic mass is 10.1. The van der Waals surface area contributed by atoms with Crippen LogP contribution >= 0.6 is 0 Å². The summed E-state index contributed by atoms with van der Waals surface area (Å²) in [6, 6.07) is 7.09. The van der Waals surface area contributed by atoms with E-state index >= 15 is 0 Å². The Morgan fingerprint density at radius 3 is 2.62 bits per heavy atom. The van der Waals surface area contributed by atoms with Gasteiger partial charge in [0.05, 0.1) is 0 Å². The van der Waals surface area contributed by atoms with Crippen LogP contribution in [0.15, 0.2) is 24.3 Å². The number of nitrogens with one attached hydrogen (secondary N) is 1. The highest BCUT2D eigenvalue weighted by atomic mass is 16.3. The highest BCUT2D eigenvalue weighted by Gasteiger charge is 2.38. The lowest BCUT2D eigenvalue weighted by Gasteiger charge is -2.04. The van der Waals surface area contributed by atoms with Crippen LogP contribution in [0.2, 0.25) is 0 Å². The molecule has 2 N–H and O–H groups in total. The van der Waals surface area contributed by atoms with Crippen LogP contribution in [0.3, 0.4) is 0 Å². The number of carbonyl (C=O) groups is 1. The molecular weight excluding hydrogens is 202 g/mol. The Bertz CT molecular complexity index is 372. The van der Waals surface area contributed by atoms with Gasteiger partial charge >= 0.3 is 0 Å². The van der Waals surface area contributed by atoms with Gasteiger partial charge in [0.1, 0.15) is 5.75 Å². The van der Waals surface area contributed by atoms with Crippen molar-refractivity contribution in [3.8, 4) is 5.75 Å². The zero-order chi connectivity index (χ0) is 11.5. The number of carbonyl (C=O) groups excluding carboxylic acids is 1. The Hall–Kier alpha value is -1.51. The Labute approximate surface area is 95.5 Å². The van der Waals surface area contributed by atoms with Gasteiger partial charge in [-0.1, -0.05) is 19.1 Å². The average Bonchev–Trinajstić information content (AvgIpc) is 2.98. The number of phenolic OH excluding ortho intramolecular Hbond substituents is 1. The van der Waals surface area contributed by atoms with Crippen LogP contribution in [-0.2, 0) is 11.2 Å². The van der Waals surface area contributed by atoms with Gasteiger partial charge in [-0.15, -0.1) is 0 Å². The third kappa shape index (κ3) is 2.75. The molecule has 0 heterocycles. The van der Waals surface area contributed by atoms with Gasteiger partial charge in [-0.25, -0.2) is 0 Å². The molecule has 3 heteroatoms. The molecular formula is C13H17NO2. The van der Waals surface area contributed by atoms with Gasteiger partial charge in [-0.05, 0) is 36.5 Å². The van der Waals surface area contributed by atoms with Crippen LogP contribution < -0.4 is 5.32 Å². The van der Waals surface area contributed by atoms with Crippen molar-refractivity contribution in [1.82, 2.24) is 5.32 Å². The van der Waals surface area contributed by atoms with Crippen LogP contribution in [0.25, 0.3) is 0 Å². The van der Waals surface area contributed by atoms with Crippen molar-refractivity contribution in [2.45, 2.75) is 19.8 Å². The van der Waals surface area contributed by atoms with E-state index in [1.165, 1.54) is 0 Å². The van der Waals surface area contributed by atoms with Crippen molar-refractivity contribution in [3.05, 3.63) is 29.8 Å². The first-order valence-corrected chi connectivity index (χ1v) is 5.72. The maximum absolute atomic E-state index is 11.5. The second-order valence-corrected chi connectivity index (χ2v) is 4.53. The molecule has 1 fully saturated rings. The molecule has 1 amide bonds. The summed E-state index contributed by atoms with van der Waals surface area (Å²) in [6.07, 6.45) is 1.85. The van der Waals surface area contributed by atoms with Crippen molar-refractivity contribution in [2.24, 2.45) is 11.8 Å². The molecule has 1 saturated carbocycles.